The van der Waals surface area contributed by atoms with E-state index in [1.54, 1.807) is 31.4 Å². The number of benzene rings is 1. The lowest BCUT2D eigenvalue weighted by Gasteiger charge is -2.06. The Hall–Kier alpha value is -2.96. The Bertz CT molecular complexity index is 938. The van der Waals surface area contributed by atoms with Crippen LogP contribution in [0.15, 0.2) is 56.7 Å². The number of pyridine rings is 1. The molecule has 3 rings (SSSR count). The minimum Gasteiger partial charge on any atom is -0.319 e. The standard InChI is InChI=1S/C16H14FN3O3/c1-19-7-6-12(9-15(19)21)10-20-14(18-23-16(20)22)8-11-2-4-13(17)5-3-11/h2-7,9H,8,10H2,1H3. The van der Waals surface area contributed by atoms with Crippen LogP contribution in [0, 0.1) is 5.82 Å². The zero-order chi connectivity index (χ0) is 16.4. The van der Waals surface area contributed by atoms with E-state index in [4.69, 9.17) is 4.52 Å². The van der Waals surface area contributed by atoms with Crippen molar-refractivity contribution in [3.05, 3.63) is 86.3 Å². The molecule has 0 aliphatic heterocycles. The first-order valence-electron chi connectivity index (χ1n) is 6.98. The summed E-state index contributed by atoms with van der Waals surface area (Å²) in [5.41, 5.74) is 1.32. The lowest BCUT2D eigenvalue weighted by molar-refractivity contribution is 0.375. The van der Waals surface area contributed by atoms with E-state index in [1.165, 1.54) is 27.3 Å². The second-order valence-corrected chi connectivity index (χ2v) is 5.24. The summed E-state index contributed by atoms with van der Waals surface area (Å²) in [6.45, 7) is 0.189. The van der Waals surface area contributed by atoms with Crippen molar-refractivity contribution in [3.63, 3.8) is 0 Å². The van der Waals surface area contributed by atoms with Crippen LogP contribution >= 0.6 is 0 Å². The van der Waals surface area contributed by atoms with Gasteiger partial charge in [-0.15, -0.1) is 0 Å². The summed E-state index contributed by atoms with van der Waals surface area (Å²) < 4.78 is 20.5. The molecule has 0 atom stereocenters. The summed E-state index contributed by atoms with van der Waals surface area (Å²) in [6.07, 6.45) is 1.97. The molecular formula is C16H14FN3O3. The van der Waals surface area contributed by atoms with E-state index in [0.29, 0.717) is 17.8 Å². The fourth-order valence-corrected chi connectivity index (χ4v) is 2.23. The number of aryl methyl sites for hydroxylation is 1. The molecule has 23 heavy (non-hydrogen) atoms. The first kappa shape index (κ1) is 15.0. The average molecular weight is 315 g/mol. The van der Waals surface area contributed by atoms with Gasteiger partial charge in [0.25, 0.3) is 5.56 Å². The van der Waals surface area contributed by atoms with Gasteiger partial charge in [0.1, 0.15) is 5.82 Å². The molecule has 0 aliphatic carbocycles. The largest absolute Gasteiger partial charge is 0.441 e. The third kappa shape index (κ3) is 3.28. The number of hydrogen-bond acceptors (Lipinski definition) is 4. The van der Waals surface area contributed by atoms with Crippen LogP contribution in [-0.4, -0.2) is 14.3 Å². The Morgan fingerprint density at radius 1 is 1.13 bits per heavy atom. The Labute approximate surface area is 130 Å². The molecule has 6 nitrogen and oxygen atoms in total. The van der Waals surface area contributed by atoms with E-state index in [1.807, 2.05) is 0 Å². The Morgan fingerprint density at radius 3 is 2.57 bits per heavy atom. The van der Waals surface area contributed by atoms with Crippen molar-refractivity contribution in [1.82, 2.24) is 14.3 Å². The molecule has 0 bridgehead atoms. The van der Waals surface area contributed by atoms with Crippen molar-refractivity contribution in [2.75, 3.05) is 0 Å². The maximum Gasteiger partial charge on any atom is 0.441 e. The molecule has 0 spiro atoms. The van der Waals surface area contributed by atoms with E-state index < -0.39 is 5.76 Å². The second-order valence-electron chi connectivity index (χ2n) is 5.24. The van der Waals surface area contributed by atoms with Crippen molar-refractivity contribution in [2.45, 2.75) is 13.0 Å². The third-order valence-corrected chi connectivity index (χ3v) is 3.55. The topological polar surface area (TPSA) is 70.0 Å². The van der Waals surface area contributed by atoms with Gasteiger partial charge in [0.15, 0.2) is 5.82 Å². The van der Waals surface area contributed by atoms with Crippen molar-refractivity contribution in [2.24, 2.45) is 7.05 Å². The summed E-state index contributed by atoms with van der Waals surface area (Å²) in [7, 11) is 1.65. The fraction of sp³-hybridized carbons (Fsp3) is 0.188. The minimum atomic E-state index is -0.595. The van der Waals surface area contributed by atoms with Crippen molar-refractivity contribution in [3.8, 4) is 0 Å². The molecule has 0 amide bonds. The third-order valence-electron chi connectivity index (χ3n) is 3.55. The number of hydrogen-bond donors (Lipinski definition) is 0. The molecule has 2 aromatic heterocycles. The van der Waals surface area contributed by atoms with Gasteiger partial charge in [-0.3, -0.25) is 13.9 Å². The van der Waals surface area contributed by atoms with E-state index in [-0.39, 0.29) is 17.9 Å². The van der Waals surface area contributed by atoms with Gasteiger partial charge in [-0.05, 0) is 29.3 Å². The highest BCUT2D eigenvalue weighted by Crippen LogP contribution is 2.09. The predicted molar refractivity (Wildman–Crippen MR) is 80.8 cm³/mol. The van der Waals surface area contributed by atoms with Gasteiger partial charge in [-0.1, -0.05) is 17.3 Å². The normalized spacial score (nSPS) is 10.9. The summed E-state index contributed by atoms with van der Waals surface area (Å²) in [4.78, 5) is 23.5. The molecule has 0 saturated carbocycles. The Kier molecular flexibility index (Phi) is 3.92. The molecule has 7 heteroatoms. The van der Waals surface area contributed by atoms with Crippen LogP contribution in [0.4, 0.5) is 4.39 Å². The SMILES string of the molecule is Cn1ccc(Cn2c(Cc3ccc(F)cc3)noc2=O)cc1=O. The van der Waals surface area contributed by atoms with E-state index in [2.05, 4.69) is 5.16 Å². The van der Waals surface area contributed by atoms with E-state index in [0.717, 1.165) is 5.56 Å². The number of halogens is 1. The number of nitrogens with zero attached hydrogens (tertiary/aromatic N) is 3. The molecule has 1 aromatic carbocycles. The van der Waals surface area contributed by atoms with Crippen LogP contribution in [0.25, 0.3) is 0 Å². The highest BCUT2D eigenvalue weighted by atomic mass is 19.1. The Morgan fingerprint density at radius 2 is 1.87 bits per heavy atom. The summed E-state index contributed by atoms with van der Waals surface area (Å²) in [6, 6.07) is 9.15. The summed E-state index contributed by atoms with van der Waals surface area (Å²) in [5.74, 6) is -0.503. The molecule has 0 radical (unpaired) electrons. The monoisotopic (exact) mass is 315 g/mol. The zero-order valence-corrected chi connectivity index (χ0v) is 12.4. The molecule has 0 unspecified atom stereocenters. The van der Waals surface area contributed by atoms with Gasteiger partial charge in [0.05, 0.1) is 6.54 Å². The van der Waals surface area contributed by atoms with Crippen molar-refractivity contribution >= 4 is 0 Å². The highest BCUT2D eigenvalue weighted by molar-refractivity contribution is 5.20. The molecular weight excluding hydrogens is 301 g/mol. The first-order valence-corrected chi connectivity index (χ1v) is 6.98. The minimum absolute atomic E-state index is 0.160. The van der Waals surface area contributed by atoms with Crippen LogP contribution in [-0.2, 0) is 20.0 Å². The lowest BCUT2D eigenvalue weighted by atomic mass is 10.1. The summed E-state index contributed by atoms with van der Waals surface area (Å²) >= 11 is 0. The van der Waals surface area contributed by atoms with Gasteiger partial charge in [0, 0.05) is 25.7 Å². The van der Waals surface area contributed by atoms with Crippen LogP contribution in [0.3, 0.4) is 0 Å². The van der Waals surface area contributed by atoms with Crippen LogP contribution in [0.2, 0.25) is 0 Å². The van der Waals surface area contributed by atoms with Gasteiger partial charge >= 0.3 is 5.76 Å². The maximum absolute atomic E-state index is 12.9. The predicted octanol–water partition coefficient (Wildman–Crippen LogP) is 1.31. The molecule has 118 valence electrons. The molecule has 0 aliphatic rings. The number of aromatic nitrogens is 3. The van der Waals surface area contributed by atoms with E-state index >= 15 is 0 Å². The molecule has 0 saturated heterocycles. The molecule has 3 aromatic rings. The van der Waals surface area contributed by atoms with Gasteiger partial charge in [-0.2, -0.15) is 0 Å². The number of rotatable bonds is 4. The van der Waals surface area contributed by atoms with Crippen molar-refractivity contribution in [1.29, 1.82) is 0 Å². The molecule has 2 heterocycles. The highest BCUT2D eigenvalue weighted by Gasteiger charge is 2.12. The van der Waals surface area contributed by atoms with Crippen molar-refractivity contribution < 1.29 is 8.91 Å². The average Bonchev–Trinajstić information content (AvgIpc) is 2.86. The second kappa shape index (κ2) is 6.04. The lowest BCUT2D eigenvalue weighted by Crippen LogP contribution is -2.21. The van der Waals surface area contributed by atoms with Gasteiger partial charge in [-0.25, -0.2) is 9.18 Å². The summed E-state index contributed by atoms with van der Waals surface area (Å²) in [5, 5.41) is 3.77. The quantitative estimate of drug-likeness (QED) is 0.728. The Balaban J connectivity index is 1.89. The maximum atomic E-state index is 12.9. The molecule has 0 fully saturated rings. The van der Waals surface area contributed by atoms with Gasteiger partial charge < -0.3 is 4.57 Å². The fourth-order valence-electron chi connectivity index (χ4n) is 2.23. The van der Waals surface area contributed by atoms with Gasteiger partial charge in [0.2, 0.25) is 0 Å². The van der Waals surface area contributed by atoms with Crippen LogP contribution in [0.5, 0.6) is 0 Å². The molecule has 0 N–H and O–H groups in total. The van der Waals surface area contributed by atoms with E-state index in [9.17, 15) is 14.0 Å². The van der Waals surface area contributed by atoms with Crippen LogP contribution in [0.1, 0.15) is 17.0 Å². The first-order chi connectivity index (χ1) is 11.0. The smallest absolute Gasteiger partial charge is 0.319 e. The van der Waals surface area contributed by atoms with Crippen LogP contribution < -0.4 is 11.3 Å². The zero-order valence-electron chi connectivity index (χ0n) is 12.4.